The molecule has 0 N–H and O–H groups in total. The van der Waals surface area contributed by atoms with Crippen molar-refractivity contribution in [1.82, 2.24) is 13.7 Å². The number of nitrogens with zero attached hydrogens (tertiary/aromatic N) is 3. The third kappa shape index (κ3) is 4.54. The Morgan fingerprint density at radius 2 is 1.29 bits per heavy atom. The summed E-state index contributed by atoms with van der Waals surface area (Å²) in [4.78, 5) is 39.3. The summed E-state index contributed by atoms with van der Waals surface area (Å²) in [5.41, 5.74) is -1.43. The molecule has 0 spiro atoms. The highest BCUT2D eigenvalue weighted by Crippen LogP contribution is 2.05. The largest absolute Gasteiger partial charge is 0.345 e. The molecule has 0 saturated carbocycles. The molecule has 0 unspecified atom stereocenters. The van der Waals surface area contributed by atoms with Crippen molar-refractivity contribution in [2.24, 2.45) is 0 Å². The fourth-order valence-electron chi connectivity index (χ4n) is 2.50. The Bertz CT molecular complexity index is 1100. The Morgan fingerprint density at radius 3 is 1.75 bits per heavy atom. The summed E-state index contributed by atoms with van der Waals surface area (Å²) >= 11 is 0. The van der Waals surface area contributed by atoms with Crippen LogP contribution in [0, 0.1) is 0 Å². The van der Waals surface area contributed by atoms with Crippen LogP contribution in [0.2, 0.25) is 0 Å². The van der Waals surface area contributed by atoms with Gasteiger partial charge in [-0.25, -0.2) is 28.1 Å². The summed E-state index contributed by atoms with van der Waals surface area (Å²) in [6.07, 6.45) is 15.5. The predicted octanol–water partition coefficient (Wildman–Crippen LogP) is 3.42. The average Bonchev–Trinajstić information content (AvgIpc) is 2.65. The van der Waals surface area contributed by atoms with Crippen molar-refractivity contribution < 1.29 is 0 Å². The van der Waals surface area contributed by atoms with Crippen LogP contribution in [0.25, 0.3) is 17.1 Å². The molecule has 6 heteroatoms. The molecular formula is C22H25N3O3. The maximum Gasteiger partial charge on any atom is 0.345 e. The lowest BCUT2D eigenvalue weighted by Crippen LogP contribution is -2.53. The molecule has 0 fully saturated rings. The Morgan fingerprint density at radius 1 is 0.750 bits per heavy atom. The number of rotatable bonds is 8. The van der Waals surface area contributed by atoms with Crippen LogP contribution in [0.3, 0.4) is 0 Å². The second-order valence-electron chi connectivity index (χ2n) is 5.53. The van der Waals surface area contributed by atoms with Gasteiger partial charge in [-0.05, 0) is 45.1 Å². The molecule has 0 saturated heterocycles. The van der Waals surface area contributed by atoms with E-state index in [1.165, 1.54) is 36.5 Å². The lowest BCUT2D eigenvalue weighted by atomic mass is 10.3. The maximum absolute atomic E-state index is 13.2. The van der Waals surface area contributed by atoms with Crippen LogP contribution in [0.1, 0.15) is 20.8 Å². The minimum absolute atomic E-state index is 0.245. The normalized spacial score (nSPS) is 13.3. The molecule has 1 aromatic heterocycles. The fourth-order valence-corrected chi connectivity index (χ4v) is 2.50. The van der Waals surface area contributed by atoms with E-state index in [9.17, 15) is 14.4 Å². The van der Waals surface area contributed by atoms with Crippen molar-refractivity contribution >= 4 is 17.1 Å². The molecule has 0 radical (unpaired) electrons. The van der Waals surface area contributed by atoms with Crippen molar-refractivity contribution in [2.75, 3.05) is 0 Å². The summed E-state index contributed by atoms with van der Waals surface area (Å²) < 4.78 is 2.78. The Labute approximate surface area is 164 Å². The predicted molar refractivity (Wildman–Crippen MR) is 118 cm³/mol. The van der Waals surface area contributed by atoms with Crippen LogP contribution in [-0.4, -0.2) is 13.7 Å². The van der Waals surface area contributed by atoms with Gasteiger partial charge < -0.3 is 0 Å². The second kappa shape index (κ2) is 10.5. The zero-order chi connectivity index (χ0) is 21.3. The van der Waals surface area contributed by atoms with Gasteiger partial charge in [-0.1, -0.05) is 56.2 Å². The first kappa shape index (κ1) is 22.4. The van der Waals surface area contributed by atoms with Gasteiger partial charge in [0, 0.05) is 5.70 Å². The molecule has 0 aliphatic rings. The molecule has 0 bridgehead atoms. The van der Waals surface area contributed by atoms with E-state index in [0.29, 0.717) is 11.4 Å². The van der Waals surface area contributed by atoms with Gasteiger partial charge in [0.15, 0.2) is 0 Å². The van der Waals surface area contributed by atoms with Gasteiger partial charge in [0.2, 0.25) is 0 Å². The Balaban J connectivity index is 4.29. The molecular weight excluding hydrogens is 354 g/mol. The molecule has 0 aromatic carbocycles. The SMILES string of the molecule is C=C/C=C\C(=C/C=C)n1c(=O)n(/C(C)=C/C=C)c(=O)n(C(/C=C\C)=C/C)c1=O. The van der Waals surface area contributed by atoms with Gasteiger partial charge in [-0.3, -0.25) is 0 Å². The first-order valence-electron chi connectivity index (χ1n) is 8.61. The molecule has 146 valence electrons. The van der Waals surface area contributed by atoms with E-state index in [0.717, 1.165) is 13.7 Å². The van der Waals surface area contributed by atoms with E-state index in [4.69, 9.17) is 0 Å². The second-order valence-corrected chi connectivity index (χ2v) is 5.53. The first-order chi connectivity index (χ1) is 13.4. The van der Waals surface area contributed by atoms with E-state index in [-0.39, 0.29) is 5.70 Å². The minimum Gasteiger partial charge on any atom is -0.247 e. The summed E-state index contributed by atoms with van der Waals surface area (Å²) in [5.74, 6) is 0. The molecule has 28 heavy (non-hydrogen) atoms. The summed E-state index contributed by atoms with van der Waals surface area (Å²) in [7, 11) is 0. The van der Waals surface area contributed by atoms with Crippen molar-refractivity contribution in [2.45, 2.75) is 20.8 Å². The lowest BCUT2D eigenvalue weighted by Gasteiger charge is -2.15. The lowest BCUT2D eigenvalue weighted by molar-refractivity contribution is 0.682. The highest BCUT2D eigenvalue weighted by molar-refractivity contribution is 5.61. The molecule has 0 aliphatic carbocycles. The zero-order valence-electron chi connectivity index (χ0n) is 16.5. The van der Waals surface area contributed by atoms with Gasteiger partial charge in [0.05, 0.1) is 11.4 Å². The van der Waals surface area contributed by atoms with Gasteiger partial charge in [-0.15, -0.1) is 0 Å². The third-order valence-corrected chi connectivity index (χ3v) is 3.70. The third-order valence-electron chi connectivity index (χ3n) is 3.70. The van der Waals surface area contributed by atoms with Gasteiger partial charge in [-0.2, -0.15) is 0 Å². The quantitative estimate of drug-likeness (QED) is 0.650. The van der Waals surface area contributed by atoms with Crippen molar-refractivity contribution in [3.63, 3.8) is 0 Å². The highest BCUT2D eigenvalue weighted by atomic mass is 16.2. The van der Waals surface area contributed by atoms with Gasteiger partial charge in [0.1, 0.15) is 0 Å². The number of hydrogen-bond donors (Lipinski definition) is 0. The molecule has 0 aliphatic heterocycles. The standard InChI is InChI=1S/C22H25N3O3/c1-7-12-16-19(15-10-4)25-21(27)23(17(6)13-8-2)20(26)24(22(25)28)18(11-5)14-9-3/h7-16H,1-2,4H2,3,5-6H3/b14-9-,16-12-,17-13+,18-11+,19-15+. The molecule has 1 rings (SSSR count). The molecule has 6 nitrogen and oxygen atoms in total. The minimum atomic E-state index is -0.792. The maximum atomic E-state index is 13.2. The topological polar surface area (TPSA) is 66.0 Å². The smallest absolute Gasteiger partial charge is 0.247 e. The van der Waals surface area contributed by atoms with Crippen LogP contribution in [-0.2, 0) is 0 Å². The van der Waals surface area contributed by atoms with Gasteiger partial charge >= 0.3 is 17.1 Å². The van der Waals surface area contributed by atoms with E-state index in [1.807, 2.05) is 0 Å². The number of allylic oxidation sites excluding steroid dienone is 13. The van der Waals surface area contributed by atoms with Crippen LogP contribution >= 0.6 is 0 Å². The van der Waals surface area contributed by atoms with Crippen molar-refractivity contribution in [3.05, 3.63) is 112 Å². The van der Waals surface area contributed by atoms with E-state index in [2.05, 4.69) is 19.7 Å². The zero-order valence-corrected chi connectivity index (χ0v) is 16.5. The summed E-state index contributed by atoms with van der Waals surface area (Å²) in [5, 5.41) is 0. The first-order valence-corrected chi connectivity index (χ1v) is 8.61. The average molecular weight is 379 g/mol. The Hall–Kier alpha value is -3.67. The van der Waals surface area contributed by atoms with E-state index >= 15 is 0 Å². The molecule has 1 heterocycles. The Kier molecular flexibility index (Phi) is 8.37. The number of hydrogen-bond acceptors (Lipinski definition) is 3. The highest BCUT2D eigenvalue weighted by Gasteiger charge is 2.19. The van der Waals surface area contributed by atoms with Gasteiger partial charge in [0.25, 0.3) is 0 Å². The van der Waals surface area contributed by atoms with E-state index < -0.39 is 17.1 Å². The monoisotopic (exact) mass is 379 g/mol. The summed E-state index contributed by atoms with van der Waals surface area (Å²) in [6.45, 7) is 15.9. The van der Waals surface area contributed by atoms with Crippen LogP contribution in [0.5, 0.6) is 0 Å². The number of aromatic nitrogens is 3. The van der Waals surface area contributed by atoms with Crippen molar-refractivity contribution in [1.29, 1.82) is 0 Å². The molecule has 1 aromatic rings. The summed E-state index contributed by atoms with van der Waals surface area (Å²) in [6, 6.07) is 0. The van der Waals surface area contributed by atoms with E-state index in [1.54, 1.807) is 45.1 Å². The van der Waals surface area contributed by atoms with Crippen molar-refractivity contribution in [3.8, 4) is 0 Å². The molecule has 0 atom stereocenters. The van der Waals surface area contributed by atoms with Crippen LogP contribution in [0.4, 0.5) is 0 Å². The van der Waals surface area contributed by atoms with Crippen LogP contribution < -0.4 is 17.1 Å². The molecule has 0 amide bonds. The van der Waals surface area contributed by atoms with Crippen LogP contribution in [0.15, 0.2) is 94.9 Å². The fraction of sp³-hybridized carbons (Fsp3) is 0.136.